The van der Waals surface area contributed by atoms with E-state index in [9.17, 15) is 39.9 Å². The van der Waals surface area contributed by atoms with Gasteiger partial charge in [0.1, 0.15) is 22.8 Å². The largest absolute Gasteiger partial charge is 0.511 e. The van der Waals surface area contributed by atoms with Gasteiger partial charge in [-0.25, -0.2) is 0 Å². The molecule has 6 rings (SSSR count). The van der Waals surface area contributed by atoms with Crippen LogP contribution in [0.4, 0.5) is 0 Å². The van der Waals surface area contributed by atoms with Crippen LogP contribution in [0.1, 0.15) is 86.0 Å². The van der Waals surface area contributed by atoms with Gasteiger partial charge < -0.3 is 25.5 Å². The summed E-state index contributed by atoms with van der Waals surface area (Å²) in [6.45, 7) is 9.29. The standard InChI is InChI=1S/C41H44O8/c1-21(2)31-34(44)29(23(4)42)36(46)41(49)37(47)32-35(45)30-27(22(3)39(32,5)38(48)40(31,41)6)17-18-28(33(30)43)26(19-24-13-9-7-10-14-24)20-25-15-11-8-12-16-25/h7-18,21-22,26,31,38,43-44,47-49H,19-20H2,1-6H3/t22-,31?,38-,39+,40+,41+/m1/s1. The zero-order valence-corrected chi connectivity index (χ0v) is 28.7. The molecule has 0 radical (unpaired) electrons. The van der Waals surface area contributed by atoms with E-state index in [-0.39, 0.29) is 17.2 Å². The molecule has 3 aromatic rings. The summed E-state index contributed by atoms with van der Waals surface area (Å²) >= 11 is 0. The van der Waals surface area contributed by atoms with Gasteiger partial charge in [-0.2, -0.15) is 0 Å². The minimum absolute atomic E-state index is 0.0663. The van der Waals surface area contributed by atoms with Crippen molar-refractivity contribution in [2.24, 2.45) is 22.7 Å². The van der Waals surface area contributed by atoms with E-state index in [4.69, 9.17) is 0 Å². The van der Waals surface area contributed by atoms with Crippen LogP contribution < -0.4 is 0 Å². The molecule has 8 nitrogen and oxygen atoms in total. The third kappa shape index (κ3) is 4.60. The lowest BCUT2D eigenvalue weighted by Crippen LogP contribution is -2.73. The summed E-state index contributed by atoms with van der Waals surface area (Å²) in [5.74, 6) is -7.32. The van der Waals surface area contributed by atoms with Gasteiger partial charge in [0.05, 0.1) is 17.2 Å². The van der Waals surface area contributed by atoms with E-state index in [1.165, 1.54) is 6.92 Å². The Bertz CT molecular complexity index is 1880. The third-order valence-corrected chi connectivity index (χ3v) is 12.0. The first-order chi connectivity index (χ1) is 23.0. The number of rotatable bonds is 7. The molecule has 0 fully saturated rings. The molecule has 3 aliphatic carbocycles. The van der Waals surface area contributed by atoms with Gasteiger partial charge in [0.15, 0.2) is 17.2 Å². The van der Waals surface area contributed by atoms with Crippen LogP contribution in [0.5, 0.6) is 5.75 Å². The number of allylic oxidation sites excluding steroid dienone is 1. The highest BCUT2D eigenvalue weighted by molar-refractivity contribution is 6.25. The number of carbonyl (C=O) groups excluding carboxylic acids is 3. The van der Waals surface area contributed by atoms with Gasteiger partial charge in [0.2, 0.25) is 5.78 Å². The molecular weight excluding hydrogens is 620 g/mol. The van der Waals surface area contributed by atoms with Gasteiger partial charge in [-0.1, -0.05) is 107 Å². The van der Waals surface area contributed by atoms with Crippen molar-refractivity contribution in [3.05, 3.63) is 123 Å². The average molecular weight is 665 g/mol. The molecule has 256 valence electrons. The Morgan fingerprint density at radius 2 is 1.39 bits per heavy atom. The predicted octanol–water partition coefficient (Wildman–Crippen LogP) is 6.45. The van der Waals surface area contributed by atoms with Crippen LogP contribution in [0.2, 0.25) is 0 Å². The fourth-order valence-electron chi connectivity index (χ4n) is 9.38. The first kappa shape index (κ1) is 34.3. The number of Topliss-reactive ketones (excluding diaryl/α,β-unsaturated/α-hetero) is 3. The van der Waals surface area contributed by atoms with Crippen LogP contribution >= 0.6 is 0 Å². The summed E-state index contributed by atoms with van der Waals surface area (Å²) < 4.78 is 0. The molecule has 49 heavy (non-hydrogen) atoms. The van der Waals surface area contributed by atoms with Crippen molar-refractivity contribution < 1.29 is 39.9 Å². The normalized spacial score (nSPS) is 29.6. The number of phenols is 1. The number of aliphatic hydroxyl groups excluding tert-OH is 3. The Hall–Kier alpha value is -4.53. The number of fused-ring (bicyclic) bond motifs is 3. The summed E-state index contributed by atoms with van der Waals surface area (Å²) in [6, 6.07) is 23.2. The number of phenolic OH excluding ortho intramolecular Hbond substituents is 1. The maximum absolute atomic E-state index is 14.8. The topological polar surface area (TPSA) is 152 Å². The monoisotopic (exact) mass is 664 g/mol. The van der Waals surface area contributed by atoms with Crippen molar-refractivity contribution in [1.82, 2.24) is 0 Å². The number of carbonyl (C=O) groups is 3. The smallest absolute Gasteiger partial charge is 0.209 e. The van der Waals surface area contributed by atoms with E-state index >= 15 is 0 Å². The Morgan fingerprint density at radius 3 is 1.88 bits per heavy atom. The number of hydrogen-bond donors (Lipinski definition) is 5. The zero-order valence-electron chi connectivity index (χ0n) is 28.7. The minimum Gasteiger partial charge on any atom is -0.511 e. The number of aromatic hydroxyl groups is 1. The van der Waals surface area contributed by atoms with E-state index in [1.54, 1.807) is 33.8 Å². The van der Waals surface area contributed by atoms with Crippen LogP contribution in [0.25, 0.3) is 0 Å². The van der Waals surface area contributed by atoms with Crippen molar-refractivity contribution in [3.63, 3.8) is 0 Å². The summed E-state index contributed by atoms with van der Waals surface area (Å²) in [5.41, 5.74) is -4.53. The van der Waals surface area contributed by atoms with E-state index < -0.39 is 80.3 Å². The molecule has 6 atom stereocenters. The maximum Gasteiger partial charge on any atom is 0.209 e. The van der Waals surface area contributed by atoms with Crippen molar-refractivity contribution in [1.29, 1.82) is 0 Å². The van der Waals surface area contributed by atoms with Gasteiger partial charge in [0.25, 0.3) is 0 Å². The quantitative estimate of drug-likeness (QED) is 0.181. The SMILES string of the molecule is CC(=O)C1=C(O)C(C(C)C)[C@@]2(C)[C@H](O)[C@]3(C)C(=C(O)[C@@]2(O)C1=O)C(=O)c1c(ccc(C(Cc2ccccc2)Cc2ccccc2)c1O)[C@H]3C. The van der Waals surface area contributed by atoms with Gasteiger partial charge in [-0.05, 0) is 59.8 Å². The molecule has 0 bridgehead atoms. The first-order valence-electron chi connectivity index (χ1n) is 16.9. The van der Waals surface area contributed by atoms with Crippen molar-refractivity contribution in [3.8, 4) is 5.75 Å². The first-order valence-corrected chi connectivity index (χ1v) is 16.9. The third-order valence-electron chi connectivity index (χ3n) is 12.0. The Balaban J connectivity index is 1.57. The number of ketones is 3. The molecule has 5 N–H and O–H groups in total. The number of benzene rings is 3. The lowest BCUT2D eigenvalue weighted by Gasteiger charge is -2.63. The van der Waals surface area contributed by atoms with Crippen molar-refractivity contribution >= 4 is 17.3 Å². The highest BCUT2D eigenvalue weighted by Gasteiger charge is 2.76. The van der Waals surface area contributed by atoms with Gasteiger partial charge in [0, 0.05) is 16.7 Å². The Kier molecular flexibility index (Phi) is 8.28. The maximum atomic E-state index is 14.8. The van der Waals surface area contributed by atoms with E-state index in [0.29, 0.717) is 24.0 Å². The molecule has 0 saturated carbocycles. The molecule has 0 spiro atoms. The van der Waals surface area contributed by atoms with Crippen molar-refractivity contribution in [2.45, 2.75) is 77.9 Å². The molecule has 0 aliphatic heterocycles. The van der Waals surface area contributed by atoms with E-state index in [2.05, 4.69) is 0 Å². The summed E-state index contributed by atoms with van der Waals surface area (Å²) in [5, 5.41) is 60.4. The fraction of sp³-hybridized carbons (Fsp3) is 0.390. The van der Waals surface area contributed by atoms with E-state index in [1.807, 2.05) is 66.7 Å². The highest BCUT2D eigenvalue weighted by Crippen LogP contribution is 2.67. The second kappa shape index (κ2) is 11.8. The second-order valence-corrected chi connectivity index (χ2v) is 14.9. The molecule has 1 unspecified atom stereocenters. The Labute approximate surface area is 286 Å². The lowest BCUT2D eigenvalue weighted by molar-refractivity contribution is -0.211. The van der Waals surface area contributed by atoms with E-state index in [0.717, 1.165) is 18.1 Å². The molecule has 0 saturated heterocycles. The fourth-order valence-corrected chi connectivity index (χ4v) is 9.38. The van der Waals surface area contributed by atoms with Gasteiger partial charge in [-0.15, -0.1) is 0 Å². The summed E-state index contributed by atoms with van der Waals surface area (Å²) in [7, 11) is 0. The summed E-state index contributed by atoms with van der Waals surface area (Å²) in [4.78, 5) is 41.6. The van der Waals surface area contributed by atoms with Gasteiger partial charge >= 0.3 is 0 Å². The number of hydrogen-bond acceptors (Lipinski definition) is 8. The van der Waals surface area contributed by atoms with Crippen LogP contribution in [0, 0.1) is 22.7 Å². The molecule has 0 heterocycles. The molecule has 3 aliphatic rings. The van der Waals surface area contributed by atoms with Gasteiger partial charge in [-0.3, -0.25) is 14.4 Å². The zero-order chi connectivity index (χ0) is 35.8. The number of aliphatic hydroxyl groups is 4. The molecule has 0 aromatic heterocycles. The average Bonchev–Trinajstić information content (AvgIpc) is 3.05. The molecule has 3 aromatic carbocycles. The van der Waals surface area contributed by atoms with Crippen molar-refractivity contribution in [2.75, 3.05) is 0 Å². The minimum atomic E-state index is -2.92. The second-order valence-electron chi connectivity index (χ2n) is 14.9. The molecule has 0 amide bonds. The molecule has 8 heteroatoms. The lowest BCUT2D eigenvalue weighted by atomic mass is 9.41. The van der Waals surface area contributed by atoms with Crippen LogP contribution in [-0.2, 0) is 22.4 Å². The van der Waals surface area contributed by atoms with Crippen LogP contribution in [0.3, 0.4) is 0 Å². The Morgan fingerprint density at radius 1 is 0.857 bits per heavy atom. The summed E-state index contributed by atoms with van der Waals surface area (Å²) in [6.07, 6.45) is -0.549. The predicted molar refractivity (Wildman–Crippen MR) is 184 cm³/mol. The molecular formula is C41H44O8. The van der Waals surface area contributed by atoms with Crippen LogP contribution in [-0.4, -0.2) is 54.6 Å². The highest BCUT2D eigenvalue weighted by atomic mass is 16.4. The van der Waals surface area contributed by atoms with Crippen LogP contribution in [0.15, 0.2) is 95.5 Å².